The first-order chi connectivity index (χ1) is 18.5. The number of benzene rings is 2. The van der Waals surface area contributed by atoms with Crippen LogP contribution < -0.4 is 15.1 Å². The van der Waals surface area contributed by atoms with Gasteiger partial charge in [-0.2, -0.15) is 0 Å². The summed E-state index contributed by atoms with van der Waals surface area (Å²) in [6, 6.07) is 26.0. The van der Waals surface area contributed by atoms with Crippen LogP contribution in [0.3, 0.4) is 0 Å². The molecule has 1 saturated heterocycles. The molecule has 196 valence electrons. The highest BCUT2D eigenvalue weighted by Crippen LogP contribution is 2.43. The molecule has 4 aromatic rings. The lowest BCUT2D eigenvalue weighted by molar-refractivity contribution is 0.565. The molecule has 1 aliphatic rings. The summed E-state index contributed by atoms with van der Waals surface area (Å²) in [5.74, 6) is 0. The average molecular weight is 524 g/mol. The van der Waals surface area contributed by atoms with Crippen molar-refractivity contribution < 1.29 is 0 Å². The monoisotopic (exact) mass is 523 g/mol. The van der Waals surface area contributed by atoms with Crippen LogP contribution >= 0.6 is 12.2 Å². The van der Waals surface area contributed by atoms with E-state index in [1.807, 2.05) is 18.3 Å². The Morgan fingerprint density at radius 2 is 1.58 bits per heavy atom. The summed E-state index contributed by atoms with van der Waals surface area (Å²) in [4.78, 5) is 9.36. The van der Waals surface area contributed by atoms with E-state index in [9.17, 15) is 0 Å². The van der Waals surface area contributed by atoms with Gasteiger partial charge >= 0.3 is 0 Å². The molecule has 1 N–H and O–H groups in total. The predicted octanol–water partition coefficient (Wildman–Crippen LogP) is 7.07. The topological polar surface area (TPSA) is 36.3 Å². The van der Waals surface area contributed by atoms with E-state index in [-0.39, 0.29) is 12.1 Å². The van der Waals surface area contributed by atoms with E-state index < -0.39 is 0 Å². The average Bonchev–Trinajstić information content (AvgIpc) is 3.45. The maximum atomic E-state index is 5.95. The molecule has 2 aromatic carbocycles. The molecule has 0 aliphatic carbocycles. The van der Waals surface area contributed by atoms with Gasteiger partial charge in [-0.3, -0.25) is 4.98 Å². The Labute approximate surface area is 232 Å². The van der Waals surface area contributed by atoms with E-state index in [1.165, 1.54) is 33.9 Å². The van der Waals surface area contributed by atoms with Gasteiger partial charge in [0, 0.05) is 47.7 Å². The van der Waals surface area contributed by atoms with Gasteiger partial charge in [0.15, 0.2) is 5.11 Å². The van der Waals surface area contributed by atoms with Crippen molar-refractivity contribution in [3.63, 3.8) is 0 Å². The summed E-state index contributed by atoms with van der Waals surface area (Å²) in [5.41, 5.74) is 9.48. The van der Waals surface area contributed by atoms with Crippen LogP contribution in [0.2, 0.25) is 0 Å². The molecule has 2 aromatic heterocycles. The van der Waals surface area contributed by atoms with E-state index in [1.54, 1.807) is 0 Å². The Kier molecular flexibility index (Phi) is 7.52. The lowest BCUT2D eigenvalue weighted by atomic mass is 9.96. The Morgan fingerprint density at radius 3 is 2.18 bits per heavy atom. The van der Waals surface area contributed by atoms with Gasteiger partial charge < -0.3 is 19.7 Å². The van der Waals surface area contributed by atoms with E-state index in [0.29, 0.717) is 0 Å². The highest BCUT2D eigenvalue weighted by Gasteiger charge is 2.42. The SMILES string of the molecule is CCc1ccc(N2C(=S)N[C@@H](c3ccccn3)[C@@H]2c2cc(C)n(-c3ccc(N(CC)CC)cc3)c2C)cc1. The van der Waals surface area contributed by atoms with Crippen LogP contribution in [0.25, 0.3) is 5.69 Å². The first kappa shape index (κ1) is 26.0. The van der Waals surface area contributed by atoms with Gasteiger partial charge in [0.2, 0.25) is 0 Å². The second-order valence-corrected chi connectivity index (χ2v) is 10.3. The number of hydrogen-bond acceptors (Lipinski definition) is 3. The van der Waals surface area contributed by atoms with Crippen molar-refractivity contribution in [1.29, 1.82) is 0 Å². The van der Waals surface area contributed by atoms with E-state index >= 15 is 0 Å². The van der Waals surface area contributed by atoms with Crippen LogP contribution in [0.1, 0.15) is 61.1 Å². The van der Waals surface area contributed by atoms with Crippen LogP contribution in [-0.2, 0) is 6.42 Å². The van der Waals surface area contributed by atoms with Crippen molar-refractivity contribution in [3.05, 3.63) is 107 Å². The van der Waals surface area contributed by atoms with E-state index in [4.69, 9.17) is 17.2 Å². The number of rotatable bonds is 8. The molecule has 1 aliphatic heterocycles. The summed E-state index contributed by atoms with van der Waals surface area (Å²) >= 11 is 5.95. The zero-order valence-electron chi connectivity index (χ0n) is 23.0. The number of nitrogens with zero attached hydrogens (tertiary/aromatic N) is 4. The number of aromatic nitrogens is 2. The maximum Gasteiger partial charge on any atom is 0.174 e. The van der Waals surface area contributed by atoms with Crippen molar-refractivity contribution in [2.45, 2.75) is 53.1 Å². The van der Waals surface area contributed by atoms with Crippen LogP contribution in [-0.4, -0.2) is 27.8 Å². The minimum absolute atomic E-state index is 0.0280. The van der Waals surface area contributed by atoms with Crippen LogP contribution in [0, 0.1) is 13.8 Å². The summed E-state index contributed by atoms with van der Waals surface area (Å²) in [6.07, 6.45) is 2.87. The summed E-state index contributed by atoms with van der Waals surface area (Å²) < 4.78 is 2.36. The number of hydrogen-bond donors (Lipinski definition) is 1. The number of nitrogens with one attached hydrogen (secondary N) is 1. The molecule has 0 bridgehead atoms. The molecule has 6 heteroatoms. The van der Waals surface area contributed by atoms with Gasteiger partial charge in [-0.25, -0.2) is 0 Å². The number of aryl methyl sites for hydroxylation is 2. The van der Waals surface area contributed by atoms with Gasteiger partial charge in [0.05, 0.1) is 17.8 Å². The Balaban J connectivity index is 1.60. The van der Waals surface area contributed by atoms with Gasteiger partial charge in [-0.15, -0.1) is 0 Å². The third-order valence-electron chi connectivity index (χ3n) is 7.75. The highest BCUT2D eigenvalue weighted by atomic mass is 32.1. The Hall–Kier alpha value is -3.64. The minimum atomic E-state index is -0.0615. The summed E-state index contributed by atoms with van der Waals surface area (Å²) in [5, 5.41) is 4.33. The second-order valence-electron chi connectivity index (χ2n) is 9.87. The van der Waals surface area contributed by atoms with Crippen molar-refractivity contribution in [2.75, 3.05) is 22.9 Å². The van der Waals surface area contributed by atoms with Crippen LogP contribution in [0.15, 0.2) is 79.0 Å². The fourth-order valence-electron chi connectivity index (χ4n) is 5.73. The van der Waals surface area contributed by atoms with Gasteiger partial charge in [0.1, 0.15) is 0 Å². The molecule has 38 heavy (non-hydrogen) atoms. The van der Waals surface area contributed by atoms with Gasteiger partial charge in [-0.1, -0.05) is 25.1 Å². The molecular weight excluding hydrogens is 486 g/mol. The lowest BCUT2D eigenvalue weighted by Gasteiger charge is -2.28. The molecule has 0 spiro atoms. The fraction of sp³-hybridized carbons (Fsp3) is 0.312. The van der Waals surface area contributed by atoms with Crippen LogP contribution in [0.5, 0.6) is 0 Å². The van der Waals surface area contributed by atoms with Crippen molar-refractivity contribution in [3.8, 4) is 5.69 Å². The zero-order chi connectivity index (χ0) is 26.8. The van der Waals surface area contributed by atoms with Gasteiger partial charge in [-0.05, 0) is 112 Å². The molecule has 5 rings (SSSR count). The molecule has 0 radical (unpaired) electrons. The zero-order valence-corrected chi connectivity index (χ0v) is 23.8. The predicted molar refractivity (Wildman–Crippen MR) is 163 cm³/mol. The number of pyridine rings is 1. The smallest absolute Gasteiger partial charge is 0.174 e. The largest absolute Gasteiger partial charge is 0.372 e. The Morgan fingerprint density at radius 1 is 0.895 bits per heavy atom. The molecule has 0 amide bonds. The first-order valence-electron chi connectivity index (χ1n) is 13.6. The van der Waals surface area contributed by atoms with E-state index in [0.717, 1.165) is 36.0 Å². The molecule has 3 heterocycles. The van der Waals surface area contributed by atoms with E-state index in [2.05, 4.69) is 115 Å². The fourth-order valence-corrected chi connectivity index (χ4v) is 6.07. The van der Waals surface area contributed by atoms with Crippen LogP contribution in [0.4, 0.5) is 11.4 Å². The summed E-state index contributed by atoms with van der Waals surface area (Å²) in [6.45, 7) is 13.0. The van der Waals surface area contributed by atoms with Crippen molar-refractivity contribution in [1.82, 2.24) is 14.9 Å². The third kappa shape index (κ3) is 4.69. The molecular formula is C32H37N5S. The highest BCUT2D eigenvalue weighted by molar-refractivity contribution is 7.80. The maximum absolute atomic E-state index is 5.95. The molecule has 1 fully saturated rings. The Bertz CT molecular complexity index is 1390. The standard InChI is InChI=1S/C32H37N5S/c1-6-24-12-14-27(15-13-24)37-31(30(34-32(37)38)29-11-9-10-20-33-29)28-21-22(4)36(23(28)5)26-18-16-25(17-19-26)35(7-2)8-3/h9-21,30-31H,6-8H2,1-5H3,(H,34,38)/t30-,31-/m0/s1. The first-order valence-corrected chi connectivity index (χ1v) is 14.0. The lowest BCUT2D eigenvalue weighted by Crippen LogP contribution is -2.29. The van der Waals surface area contributed by atoms with Crippen molar-refractivity contribution >= 4 is 28.7 Å². The van der Waals surface area contributed by atoms with Crippen molar-refractivity contribution in [2.24, 2.45) is 0 Å². The molecule has 5 nitrogen and oxygen atoms in total. The summed E-state index contributed by atoms with van der Waals surface area (Å²) in [7, 11) is 0. The third-order valence-corrected chi connectivity index (χ3v) is 8.06. The number of anilines is 2. The molecule has 2 atom stereocenters. The second kappa shape index (κ2) is 11.0. The van der Waals surface area contributed by atoms with Gasteiger partial charge in [0.25, 0.3) is 0 Å². The molecule has 0 unspecified atom stereocenters. The quantitative estimate of drug-likeness (QED) is 0.250. The minimum Gasteiger partial charge on any atom is -0.372 e. The number of thiocarbonyl (C=S) groups is 1. The molecule has 0 saturated carbocycles. The normalized spacial score (nSPS) is 17.1.